The van der Waals surface area contributed by atoms with Crippen molar-refractivity contribution in [3.05, 3.63) is 58.1 Å². The molecule has 2 rings (SSSR count). The summed E-state index contributed by atoms with van der Waals surface area (Å²) in [6.07, 6.45) is 0.347. The van der Waals surface area contributed by atoms with E-state index in [-0.39, 0.29) is 5.91 Å². The van der Waals surface area contributed by atoms with E-state index in [9.17, 15) is 4.79 Å². The van der Waals surface area contributed by atoms with E-state index >= 15 is 0 Å². The number of carbonyl (C=O) groups is 1. The van der Waals surface area contributed by atoms with Gasteiger partial charge >= 0.3 is 0 Å². The normalized spacial score (nSPS) is 10.4. The zero-order valence-electron chi connectivity index (χ0n) is 14.4. The molecule has 0 aliphatic rings. The molecule has 0 aromatic heterocycles. The Labute approximate surface area is 147 Å². The van der Waals surface area contributed by atoms with E-state index in [1.54, 1.807) is 38.3 Å². The van der Waals surface area contributed by atoms with Crippen LogP contribution in [0.1, 0.15) is 16.7 Å². The molecule has 0 fully saturated rings. The summed E-state index contributed by atoms with van der Waals surface area (Å²) in [6, 6.07) is 11.2. The van der Waals surface area contributed by atoms with Gasteiger partial charge in [0, 0.05) is 18.6 Å². The molecule has 0 saturated heterocycles. The largest absolute Gasteiger partial charge is 0.493 e. The van der Waals surface area contributed by atoms with Crippen LogP contribution in [-0.4, -0.2) is 32.1 Å². The molecule has 0 atom stereocenters. The number of ether oxygens (including phenoxy) is 2. The third-order valence-corrected chi connectivity index (χ3v) is 4.20. The van der Waals surface area contributed by atoms with E-state index in [2.05, 4.69) is 0 Å². The number of halogens is 1. The fourth-order valence-corrected chi connectivity index (χ4v) is 2.57. The van der Waals surface area contributed by atoms with Crippen LogP contribution in [0.3, 0.4) is 0 Å². The molecule has 2 aromatic rings. The molecule has 4 nitrogen and oxygen atoms in total. The van der Waals surface area contributed by atoms with Crippen LogP contribution in [0, 0.1) is 6.92 Å². The molecule has 0 aliphatic carbocycles. The van der Waals surface area contributed by atoms with Crippen molar-refractivity contribution in [3.8, 4) is 11.5 Å². The molecule has 0 spiro atoms. The first-order chi connectivity index (χ1) is 11.4. The highest BCUT2D eigenvalue weighted by atomic mass is 35.5. The van der Waals surface area contributed by atoms with Gasteiger partial charge in [0.2, 0.25) is 5.91 Å². The van der Waals surface area contributed by atoms with E-state index in [0.29, 0.717) is 29.5 Å². The first kappa shape index (κ1) is 18.1. The molecular weight excluding hydrogens is 326 g/mol. The monoisotopic (exact) mass is 347 g/mol. The standard InChI is InChI=1S/C19H22ClNO3/c1-13-9-17(23-3)18(24-4)11-15(13)12-21(2)19(22)10-14-5-7-16(20)8-6-14/h5-9,11H,10,12H2,1-4H3. The molecule has 24 heavy (non-hydrogen) atoms. The smallest absolute Gasteiger partial charge is 0.227 e. The number of nitrogens with zero attached hydrogens (tertiary/aromatic N) is 1. The first-order valence-corrected chi connectivity index (χ1v) is 8.02. The number of amides is 1. The lowest BCUT2D eigenvalue weighted by molar-refractivity contribution is -0.129. The van der Waals surface area contributed by atoms with Gasteiger partial charge in [-0.1, -0.05) is 23.7 Å². The Kier molecular flexibility index (Phi) is 6.10. The van der Waals surface area contributed by atoms with Gasteiger partial charge in [-0.25, -0.2) is 0 Å². The van der Waals surface area contributed by atoms with Crippen LogP contribution in [0.2, 0.25) is 5.02 Å². The Morgan fingerprint density at radius 3 is 2.25 bits per heavy atom. The summed E-state index contributed by atoms with van der Waals surface area (Å²) in [4.78, 5) is 14.1. The second kappa shape index (κ2) is 8.06. The van der Waals surface area contributed by atoms with Crippen LogP contribution >= 0.6 is 11.6 Å². The Morgan fingerprint density at radius 1 is 1.08 bits per heavy atom. The average molecular weight is 348 g/mol. The van der Waals surface area contributed by atoms with Crippen molar-refractivity contribution >= 4 is 17.5 Å². The van der Waals surface area contributed by atoms with Gasteiger partial charge in [-0.15, -0.1) is 0 Å². The maximum Gasteiger partial charge on any atom is 0.227 e. The lowest BCUT2D eigenvalue weighted by Gasteiger charge is -2.20. The lowest BCUT2D eigenvalue weighted by atomic mass is 10.1. The number of rotatable bonds is 6. The lowest BCUT2D eigenvalue weighted by Crippen LogP contribution is -2.28. The van der Waals surface area contributed by atoms with E-state index in [4.69, 9.17) is 21.1 Å². The van der Waals surface area contributed by atoms with Gasteiger partial charge in [0.25, 0.3) is 0 Å². The highest BCUT2D eigenvalue weighted by Gasteiger charge is 2.14. The fraction of sp³-hybridized carbons (Fsp3) is 0.316. The molecular formula is C19H22ClNO3. The molecule has 0 N–H and O–H groups in total. The van der Waals surface area contributed by atoms with Crippen molar-refractivity contribution in [1.82, 2.24) is 4.90 Å². The van der Waals surface area contributed by atoms with Gasteiger partial charge in [-0.3, -0.25) is 4.79 Å². The number of carbonyl (C=O) groups excluding carboxylic acids is 1. The van der Waals surface area contributed by atoms with Gasteiger partial charge in [0.1, 0.15) is 0 Å². The minimum absolute atomic E-state index is 0.0477. The molecule has 0 bridgehead atoms. The maximum atomic E-state index is 12.4. The second-order valence-corrected chi connectivity index (χ2v) is 6.12. The van der Waals surface area contributed by atoms with E-state index in [1.807, 2.05) is 31.2 Å². The Bertz CT molecular complexity index is 713. The number of likely N-dealkylation sites (N-methyl/N-ethyl adjacent to an activating group) is 1. The zero-order chi connectivity index (χ0) is 17.7. The molecule has 128 valence electrons. The quantitative estimate of drug-likeness (QED) is 0.796. The summed E-state index contributed by atoms with van der Waals surface area (Å²) in [5.41, 5.74) is 3.03. The minimum Gasteiger partial charge on any atom is -0.493 e. The number of aryl methyl sites for hydroxylation is 1. The van der Waals surface area contributed by atoms with Crippen LogP contribution in [0.25, 0.3) is 0 Å². The molecule has 0 heterocycles. The number of hydrogen-bond acceptors (Lipinski definition) is 3. The van der Waals surface area contributed by atoms with Crippen molar-refractivity contribution in [2.75, 3.05) is 21.3 Å². The third kappa shape index (κ3) is 4.42. The van der Waals surface area contributed by atoms with Crippen molar-refractivity contribution in [2.24, 2.45) is 0 Å². The number of hydrogen-bond donors (Lipinski definition) is 0. The van der Waals surface area contributed by atoms with Crippen molar-refractivity contribution in [1.29, 1.82) is 0 Å². The molecule has 1 amide bonds. The average Bonchev–Trinajstić information content (AvgIpc) is 2.58. The minimum atomic E-state index is 0.0477. The van der Waals surface area contributed by atoms with Gasteiger partial charge in [0.05, 0.1) is 20.6 Å². The van der Waals surface area contributed by atoms with Crippen molar-refractivity contribution in [2.45, 2.75) is 19.9 Å². The van der Waals surface area contributed by atoms with Crippen LogP contribution in [-0.2, 0) is 17.8 Å². The second-order valence-electron chi connectivity index (χ2n) is 5.69. The SMILES string of the molecule is COc1cc(C)c(CN(C)C(=O)Cc2ccc(Cl)cc2)cc1OC. The number of benzene rings is 2. The van der Waals surface area contributed by atoms with Crippen LogP contribution in [0.15, 0.2) is 36.4 Å². The van der Waals surface area contributed by atoms with E-state index < -0.39 is 0 Å². The van der Waals surface area contributed by atoms with Gasteiger partial charge in [0.15, 0.2) is 11.5 Å². The Morgan fingerprint density at radius 2 is 1.67 bits per heavy atom. The van der Waals surface area contributed by atoms with E-state index in [0.717, 1.165) is 16.7 Å². The summed E-state index contributed by atoms with van der Waals surface area (Å²) in [7, 11) is 5.01. The van der Waals surface area contributed by atoms with Crippen LogP contribution < -0.4 is 9.47 Å². The third-order valence-electron chi connectivity index (χ3n) is 3.94. The zero-order valence-corrected chi connectivity index (χ0v) is 15.2. The van der Waals surface area contributed by atoms with Crippen LogP contribution in [0.4, 0.5) is 0 Å². The van der Waals surface area contributed by atoms with E-state index in [1.165, 1.54) is 0 Å². The predicted octanol–water partition coefficient (Wildman–Crippen LogP) is 3.87. The van der Waals surface area contributed by atoms with Crippen molar-refractivity contribution < 1.29 is 14.3 Å². The fourth-order valence-electron chi connectivity index (χ4n) is 2.45. The molecule has 2 aromatic carbocycles. The topological polar surface area (TPSA) is 38.8 Å². The predicted molar refractivity (Wildman–Crippen MR) is 95.9 cm³/mol. The highest BCUT2D eigenvalue weighted by molar-refractivity contribution is 6.30. The molecule has 0 saturated carbocycles. The molecule has 0 radical (unpaired) electrons. The molecule has 0 unspecified atom stereocenters. The summed E-state index contributed by atoms with van der Waals surface area (Å²) < 4.78 is 10.6. The molecule has 0 aliphatic heterocycles. The number of methoxy groups -OCH3 is 2. The highest BCUT2D eigenvalue weighted by Crippen LogP contribution is 2.30. The van der Waals surface area contributed by atoms with Crippen molar-refractivity contribution in [3.63, 3.8) is 0 Å². The van der Waals surface area contributed by atoms with Crippen LogP contribution in [0.5, 0.6) is 11.5 Å². The summed E-state index contributed by atoms with van der Waals surface area (Å²) in [5, 5.41) is 0.667. The van der Waals surface area contributed by atoms with Gasteiger partial charge in [-0.05, 0) is 47.9 Å². The Balaban J connectivity index is 2.09. The summed E-state index contributed by atoms with van der Waals surface area (Å²) in [5.74, 6) is 1.40. The Hall–Kier alpha value is -2.20. The van der Waals surface area contributed by atoms with Gasteiger partial charge in [-0.2, -0.15) is 0 Å². The molecule has 5 heteroatoms. The van der Waals surface area contributed by atoms with Gasteiger partial charge < -0.3 is 14.4 Å². The summed E-state index contributed by atoms with van der Waals surface area (Å²) in [6.45, 7) is 2.51. The maximum absolute atomic E-state index is 12.4. The summed E-state index contributed by atoms with van der Waals surface area (Å²) >= 11 is 5.87. The first-order valence-electron chi connectivity index (χ1n) is 7.64.